The van der Waals surface area contributed by atoms with Crippen molar-refractivity contribution in [1.82, 2.24) is 15.5 Å². The Balaban J connectivity index is 1.45. The van der Waals surface area contributed by atoms with E-state index in [0.29, 0.717) is 37.5 Å². The second kappa shape index (κ2) is 7.90. The average molecular weight is 370 g/mol. The van der Waals surface area contributed by atoms with Gasteiger partial charge in [-0.2, -0.15) is 4.98 Å². The lowest BCUT2D eigenvalue weighted by Crippen LogP contribution is -2.24. The lowest BCUT2D eigenvalue weighted by molar-refractivity contribution is -0.121. The van der Waals surface area contributed by atoms with E-state index >= 15 is 0 Å². The molecule has 7 nitrogen and oxygen atoms in total. The molecule has 0 saturated carbocycles. The number of hydrogen-bond donors (Lipinski definition) is 1. The molecule has 1 aromatic carbocycles. The summed E-state index contributed by atoms with van der Waals surface area (Å²) in [4.78, 5) is 30.0. The number of aromatic nitrogens is 2. The summed E-state index contributed by atoms with van der Waals surface area (Å²) in [6, 6.07) is 7.73. The van der Waals surface area contributed by atoms with Crippen LogP contribution in [-0.2, 0) is 28.0 Å². The van der Waals surface area contributed by atoms with E-state index in [1.807, 2.05) is 45.0 Å². The summed E-state index contributed by atoms with van der Waals surface area (Å²) >= 11 is 0. The number of aryl methyl sites for hydroxylation is 1. The molecule has 1 aliphatic rings. The van der Waals surface area contributed by atoms with E-state index in [4.69, 9.17) is 4.52 Å². The number of anilines is 1. The predicted molar refractivity (Wildman–Crippen MR) is 101 cm³/mol. The van der Waals surface area contributed by atoms with E-state index in [1.54, 1.807) is 4.90 Å². The summed E-state index contributed by atoms with van der Waals surface area (Å²) in [5.41, 5.74) is 1.74. The second-order valence-electron chi connectivity index (χ2n) is 7.85. The highest BCUT2D eigenvalue weighted by molar-refractivity contribution is 5.95. The van der Waals surface area contributed by atoms with Gasteiger partial charge in [0.25, 0.3) is 0 Å². The monoisotopic (exact) mass is 370 g/mol. The van der Waals surface area contributed by atoms with Gasteiger partial charge in [-0.15, -0.1) is 0 Å². The highest BCUT2D eigenvalue weighted by Crippen LogP contribution is 2.21. The van der Waals surface area contributed by atoms with E-state index < -0.39 is 0 Å². The number of rotatable bonds is 6. The van der Waals surface area contributed by atoms with Crippen LogP contribution in [0.2, 0.25) is 0 Å². The molecular weight excluding hydrogens is 344 g/mol. The molecule has 3 rings (SSSR count). The van der Waals surface area contributed by atoms with Crippen molar-refractivity contribution in [2.75, 3.05) is 11.4 Å². The largest absolute Gasteiger partial charge is 0.352 e. The Kier molecular flexibility index (Phi) is 5.58. The maximum atomic E-state index is 12.1. The predicted octanol–water partition coefficient (Wildman–Crippen LogP) is 2.74. The Morgan fingerprint density at radius 3 is 2.59 bits per heavy atom. The molecule has 0 radical (unpaired) electrons. The maximum absolute atomic E-state index is 12.1. The van der Waals surface area contributed by atoms with Crippen LogP contribution in [0.4, 0.5) is 5.69 Å². The summed E-state index contributed by atoms with van der Waals surface area (Å²) in [7, 11) is 0. The molecule has 0 unspecified atom stereocenters. The molecule has 0 bridgehead atoms. The summed E-state index contributed by atoms with van der Waals surface area (Å²) in [5.74, 6) is 1.24. The van der Waals surface area contributed by atoms with Crippen molar-refractivity contribution in [3.05, 3.63) is 41.5 Å². The number of hydrogen-bond acceptors (Lipinski definition) is 5. The van der Waals surface area contributed by atoms with Crippen molar-refractivity contribution in [2.45, 2.75) is 58.4 Å². The van der Waals surface area contributed by atoms with Gasteiger partial charge in [0.2, 0.25) is 17.7 Å². The van der Waals surface area contributed by atoms with Crippen LogP contribution in [0, 0.1) is 0 Å². The Bertz CT molecular complexity index is 805. The van der Waals surface area contributed by atoms with Crippen LogP contribution in [0.25, 0.3) is 0 Å². The van der Waals surface area contributed by atoms with Crippen LogP contribution in [0.1, 0.15) is 57.3 Å². The minimum atomic E-state index is -0.171. The fraction of sp³-hybridized carbons (Fsp3) is 0.500. The number of carbonyl (C=O) groups is 2. The van der Waals surface area contributed by atoms with E-state index in [2.05, 4.69) is 15.5 Å². The summed E-state index contributed by atoms with van der Waals surface area (Å²) in [5, 5.41) is 6.85. The number of nitrogens with one attached hydrogen (secondary N) is 1. The third kappa shape index (κ3) is 4.93. The summed E-state index contributed by atoms with van der Waals surface area (Å²) in [6.07, 6.45) is 2.25. The van der Waals surface area contributed by atoms with Gasteiger partial charge in [0.15, 0.2) is 5.82 Å². The van der Waals surface area contributed by atoms with Crippen molar-refractivity contribution in [1.29, 1.82) is 0 Å². The molecule has 7 heteroatoms. The van der Waals surface area contributed by atoms with E-state index in [0.717, 1.165) is 24.2 Å². The van der Waals surface area contributed by atoms with Gasteiger partial charge in [-0.3, -0.25) is 9.59 Å². The first kappa shape index (κ1) is 19.1. The molecule has 1 aromatic heterocycles. The Morgan fingerprint density at radius 2 is 2.00 bits per heavy atom. The molecule has 2 heterocycles. The van der Waals surface area contributed by atoms with Crippen LogP contribution < -0.4 is 10.2 Å². The molecule has 0 spiro atoms. The van der Waals surface area contributed by atoms with Gasteiger partial charge in [0, 0.05) is 43.5 Å². The smallest absolute Gasteiger partial charge is 0.227 e. The lowest BCUT2D eigenvalue weighted by Gasteiger charge is -2.16. The molecule has 1 fully saturated rings. The average Bonchev–Trinajstić information content (AvgIpc) is 3.27. The third-order valence-corrected chi connectivity index (χ3v) is 4.52. The molecule has 2 amide bonds. The number of nitrogens with zero attached hydrogens (tertiary/aromatic N) is 3. The zero-order chi connectivity index (χ0) is 19.4. The minimum Gasteiger partial charge on any atom is -0.352 e. The Morgan fingerprint density at radius 1 is 1.26 bits per heavy atom. The number of benzene rings is 1. The van der Waals surface area contributed by atoms with Crippen LogP contribution >= 0.6 is 0 Å². The maximum Gasteiger partial charge on any atom is 0.227 e. The highest BCUT2D eigenvalue weighted by Gasteiger charge is 2.22. The molecule has 0 atom stereocenters. The van der Waals surface area contributed by atoms with Crippen LogP contribution in [0.15, 0.2) is 28.8 Å². The third-order valence-electron chi connectivity index (χ3n) is 4.52. The van der Waals surface area contributed by atoms with Crippen molar-refractivity contribution in [3.8, 4) is 0 Å². The first-order valence-corrected chi connectivity index (χ1v) is 9.32. The van der Waals surface area contributed by atoms with E-state index in [-0.39, 0.29) is 17.2 Å². The number of amides is 2. The van der Waals surface area contributed by atoms with Crippen LogP contribution in [0.5, 0.6) is 0 Å². The Hall–Kier alpha value is -2.70. The van der Waals surface area contributed by atoms with Gasteiger partial charge >= 0.3 is 0 Å². The topological polar surface area (TPSA) is 88.3 Å². The van der Waals surface area contributed by atoms with Crippen LogP contribution in [0.3, 0.4) is 0 Å². The normalized spacial score (nSPS) is 14.6. The van der Waals surface area contributed by atoms with Crippen LogP contribution in [-0.4, -0.2) is 28.5 Å². The first-order chi connectivity index (χ1) is 12.8. The quantitative estimate of drug-likeness (QED) is 0.845. The fourth-order valence-electron chi connectivity index (χ4n) is 2.89. The molecule has 144 valence electrons. The standard InChI is InChI=1S/C20H26N4O3/c1-20(2,3)19-22-17(27-23-19)11-10-16(25)21-13-14-6-8-15(9-7-14)24-12-4-5-18(24)26/h6-9H,4-5,10-13H2,1-3H3,(H,21,25). The SMILES string of the molecule is CC(C)(C)c1noc(CCC(=O)NCc2ccc(N3CCCC3=O)cc2)n1. The van der Waals surface area contributed by atoms with Gasteiger partial charge in [0.05, 0.1) is 0 Å². The summed E-state index contributed by atoms with van der Waals surface area (Å²) < 4.78 is 5.20. The van der Waals surface area contributed by atoms with Gasteiger partial charge in [0.1, 0.15) is 0 Å². The van der Waals surface area contributed by atoms with Gasteiger partial charge < -0.3 is 14.7 Å². The molecule has 2 aromatic rings. The molecule has 1 N–H and O–H groups in total. The molecular formula is C20H26N4O3. The van der Waals surface area contributed by atoms with Gasteiger partial charge in [-0.25, -0.2) is 0 Å². The lowest BCUT2D eigenvalue weighted by atomic mass is 9.96. The zero-order valence-corrected chi connectivity index (χ0v) is 16.1. The minimum absolute atomic E-state index is 0.0655. The van der Waals surface area contributed by atoms with Gasteiger partial charge in [-0.1, -0.05) is 38.1 Å². The molecule has 1 saturated heterocycles. The van der Waals surface area contributed by atoms with Crippen molar-refractivity contribution < 1.29 is 14.1 Å². The Labute approximate surface area is 159 Å². The molecule has 0 aliphatic carbocycles. The van der Waals surface area contributed by atoms with Gasteiger partial charge in [-0.05, 0) is 24.1 Å². The van der Waals surface area contributed by atoms with E-state index in [1.165, 1.54) is 0 Å². The molecule has 1 aliphatic heterocycles. The summed E-state index contributed by atoms with van der Waals surface area (Å²) in [6.45, 7) is 7.27. The van der Waals surface area contributed by atoms with Crippen molar-refractivity contribution in [3.63, 3.8) is 0 Å². The van der Waals surface area contributed by atoms with Crippen molar-refractivity contribution in [2.24, 2.45) is 0 Å². The first-order valence-electron chi connectivity index (χ1n) is 9.32. The second-order valence-corrected chi connectivity index (χ2v) is 7.85. The van der Waals surface area contributed by atoms with Crippen molar-refractivity contribution >= 4 is 17.5 Å². The fourth-order valence-corrected chi connectivity index (χ4v) is 2.89. The zero-order valence-electron chi connectivity index (χ0n) is 16.1. The highest BCUT2D eigenvalue weighted by atomic mass is 16.5. The molecule has 27 heavy (non-hydrogen) atoms. The number of carbonyl (C=O) groups excluding carboxylic acids is 2. The van der Waals surface area contributed by atoms with E-state index in [9.17, 15) is 9.59 Å².